The van der Waals surface area contributed by atoms with Gasteiger partial charge >= 0.3 is 0 Å². The minimum absolute atomic E-state index is 0. The summed E-state index contributed by atoms with van der Waals surface area (Å²) in [6.07, 6.45) is 0. The molecular weight excluding hydrogens is 161 g/mol. The van der Waals surface area contributed by atoms with Gasteiger partial charge in [0.1, 0.15) is 0 Å². The van der Waals surface area contributed by atoms with Crippen molar-refractivity contribution in [1.82, 2.24) is 10.3 Å². The van der Waals surface area contributed by atoms with Crippen LogP contribution in [-0.4, -0.2) is 32.1 Å². The molecule has 0 rings (SSSR count). The van der Waals surface area contributed by atoms with Gasteiger partial charge in [0.25, 0.3) is 0 Å². The Bertz CT molecular complexity index is 42.8. The maximum atomic E-state index is 5.00. The van der Waals surface area contributed by atoms with E-state index in [-0.39, 0.29) is 24.8 Å². The molecule has 0 saturated heterocycles. The minimum Gasteiger partial charge on any atom is -0.308 e. The molecule has 0 fully saturated rings. The standard InChI is InChI=1S/C4H13N3.2ClH/c1-7(2)4-3-6-5;;/h6H,3-5H2,1-2H3;2*1H. The third kappa shape index (κ3) is 17.7. The van der Waals surface area contributed by atoms with Gasteiger partial charge < -0.3 is 4.90 Å². The van der Waals surface area contributed by atoms with E-state index in [1.54, 1.807) is 0 Å². The molecule has 9 heavy (non-hydrogen) atoms. The van der Waals surface area contributed by atoms with Crippen LogP contribution in [0.15, 0.2) is 0 Å². The quantitative estimate of drug-likeness (QED) is 0.464. The van der Waals surface area contributed by atoms with Crippen molar-refractivity contribution in [3.05, 3.63) is 0 Å². The first-order valence-corrected chi connectivity index (χ1v) is 2.35. The highest BCUT2D eigenvalue weighted by molar-refractivity contribution is 5.85. The molecule has 0 unspecified atom stereocenters. The second-order valence-corrected chi connectivity index (χ2v) is 1.76. The summed E-state index contributed by atoms with van der Waals surface area (Å²) in [6.45, 7) is 1.85. The third-order valence-corrected chi connectivity index (χ3v) is 0.703. The van der Waals surface area contributed by atoms with Gasteiger partial charge in [0.15, 0.2) is 0 Å². The summed E-state index contributed by atoms with van der Waals surface area (Å²) in [6, 6.07) is 0. The summed E-state index contributed by atoms with van der Waals surface area (Å²) >= 11 is 0. The molecule has 0 saturated carbocycles. The Morgan fingerprint density at radius 3 is 1.89 bits per heavy atom. The van der Waals surface area contributed by atoms with Crippen molar-refractivity contribution in [2.75, 3.05) is 27.2 Å². The molecule has 0 aliphatic carbocycles. The van der Waals surface area contributed by atoms with Crippen molar-refractivity contribution in [3.63, 3.8) is 0 Å². The molecule has 0 aromatic heterocycles. The number of hydrogen-bond acceptors (Lipinski definition) is 3. The Morgan fingerprint density at radius 2 is 1.78 bits per heavy atom. The third-order valence-electron chi connectivity index (χ3n) is 0.703. The van der Waals surface area contributed by atoms with E-state index in [0.29, 0.717) is 0 Å². The number of rotatable bonds is 3. The molecule has 0 atom stereocenters. The monoisotopic (exact) mass is 175 g/mol. The second-order valence-electron chi connectivity index (χ2n) is 1.76. The van der Waals surface area contributed by atoms with Crippen LogP contribution in [0.25, 0.3) is 0 Å². The maximum Gasteiger partial charge on any atom is 0.0225 e. The first-order valence-electron chi connectivity index (χ1n) is 2.35. The number of hydrogen-bond donors (Lipinski definition) is 2. The van der Waals surface area contributed by atoms with Crippen molar-refractivity contribution in [1.29, 1.82) is 0 Å². The first-order chi connectivity index (χ1) is 3.27. The van der Waals surface area contributed by atoms with Crippen LogP contribution >= 0.6 is 24.8 Å². The van der Waals surface area contributed by atoms with Crippen LogP contribution < -0.4 is 11.3 Å². The van der Waals surface area contributed by atoms with E-state index in [4.69, 9.17) is 5.84 Å². The predicted molar refractivity (Wildman–Crippen MR) is 45.2 cm³/mol. The van der Waals surface area contributed by atoms with Crippen LogP contribution in [0.2, 0.25) is 0 Å². The highest BCUT2D eigenvalue weighted by atomic mass is 35.5. The molecule has 0 aliphatic rings. The lowest BCUT2D eigenvalue weighted by atomic mass is 10.6. The number of nitrogens with two attached hydrogens (primary N) is 1. The van der Waals surface area contributed by atoms with E-state index in [1.807, 2.05) is 14.1 Å². The molecular formula is C4H15Cl2N3. The van der Waals surface area contributed by atoms with Gasteiger partial charge in [0.2, 0.25) is 0 Å². The summed E-state index contributed by atoms with van der Waals surface area (Å²) < 4.78 is 0. The summed E-state index contributed by atoms with van der Waals surface area (Å²) in [4.78, 5) is 2.07. The van der Waals surface area contributed by atoms with Crippen LogP contribution in [-0.2, 0) is 0 Å². The maximum absolute atomic E-state index is 5.00. The molecule has 3 N–H and O–H groups in total. The lowest BCUT2D eigenvalue weighted by Crippen LogP contribution is -2.30. The number of likely N-dealkylation sites (N-methyl/N-ethyl adjacent to an activating group) is 1. The van der Waals surface area contributed by atoms with Crippen molar-refractivity contribution < 1.29 is 0 Å². The van der Waals surface area contributed by atoms with Gasteiger partial charge in [-0.25, -0.2) is 0 Å². The van der Waals surface area contributed by atoms with Crippen LogP contribution in [0, 0.1) is 0 Å². The van der Waals surface area contributed by atoms with E-state index in [1.165, 1.54) is 0 Å². The Morgan fingerprint density at radius 1 is 1.33 bits per heavy atom. The molecule has 0 bridgehead atoms. The fourth-order valence-corrected chi connectivity index (χ4v) is 0.288. The van der Waals surface area contributed by atoms with Crippen LogP contribution in [0.3, 0.4) is 0 Å². The molecule has 0 radical (unpaired) electrons. The molecule has 0 amide bonds. The normalized spacial score (nSPS) is 8.00. The molecule has 0 heterocycles. The minimum atomic E-state index is 0. The highest BCUT2D eigenvalue weighted by Crippen LogP contribution is 1.66. The SMILES string of the molecule is CN(C)CCNN.Cl.Cl. The van der Waals surface area contributed by atoms with Gasteiger partial charge in [-0.1, -0.05) is 0 Å². The average Bonchev–Trinajstić information content (AvgIpc) is 1.61. The first kappa shape index (κ1) is 16.2. The second kappa shape index (κ2) is 11.3. The number of hydrazine groups is 1. The summed E-state index contributed by atoms with van der Waals surface area (Å²) in [5.74, 6) is 5.00. The van der Waals surface area contributed by atoms with Gasteiger partial charge in [-0.15, -0.1) is 24.8 Å². The van der Waals surface area contributed by atoms with Gasteiger partial charge in [-0.3, -0.25) is 11.3 Å². The lowest BCUT2D eigenvalue weighted by molar-refractivity contribution is 0.402. The van der Waals surface area contributed by atoms with Gasteiger partial charge in [-0.2, -0.15) is 0 Å². The molecule has 5 heteroatoms. The molecule has 0 aromatic carbocycles. The lowest BCUT2D eigenvalue weighted by Gasteiger charge is -2.06. The molecule has 3 nitrogen and oxygen atoms in total. The zero-order valence-electron chi connectivity index (χ0n) is 5.76. The zero-order chi connectivity index (χ0) is 5.70. The van der Waals surface area contributed by atoms with Gasteiger partial charge in [-0.05, 0) is 14.1 Å². The summed E-state index contributed by atoms with van der Waals surface area (Å²) in [7, 11) is 4.02. The number of halogens is 2. The Kier molecular flexibility index (Phi) is 20.3. The Balaban J connectivity index is -0.000000180. The molecule has 60 valence electrons. The van der Waals surface area contributed by atoms with Crippen molar-refractivity contribution in [3.8, 4) is 0 Å². The van der Waals surface area contributed by atoms with Crippen molar-refractivity contribution in [2.24, 2.45) is 5.84 Å². The van der Waals surface area contributed by atoms with E-state index in [2.05, 4.69) is 10.3 Å². The van der Waals surface area contributed by atoms with E-state index in [0.717, 1.165) is 13.1 Å². The fraction of sp³-hybridized carbons (Fsp3) is 1.00. The molecule has 0 aromatic rings. The largest absolute Gasteiger partial charge is 0.308 e. The van der Waals surface area contributed by atoms with Crippen molar-refractivity contribution >= 4 is 24.8 Å². The molecule has 0 spiro atoms. The summed E-state index contributed by atoms with van der Waals surface area (Å²) in [5.41, 5.74) is 2.56. The predicted octanol–water partition coefficient (Wildman–Crippen LogP) is -0.145. The fourth-order valence-electron chi connectivity index (χ4n) is 0.288. The van der Waals surface area contributed by atoms with Crippen LogP contribution in [0.4, 0.5) is 0 Å². The van der Waals surface area contributed by atoms with E-state index >= 15 is 0 Å². The topological polar surface area (TPSA) is 41.3 Å². The molecule has 0 aliphatic heterocycles. The van der Waals surface area contributed by atoms with Crippen LogP contribution in [0.1, 0.15) is 0 Å². The van der Waals surface area contributed by atoms with Crippen molar-refractivity contribution in [2.45, 2.75) is 0 Å². The number of nitrogens with zero attached hydrogens (tertiary/aromatic N) is 1. The Hall–Kier alpha value is 0.460. The van der Waals surface area contributed by atoms with Gasteiger partial charge in [0, 0.05) is 13.1 Å². The van der Waals surface area contributed by atoms with Crippen LogP contribution in [0.5, 0.6) is 0 Å². The average molecular weight is 176 g/mol. The summed E-state index contributed by atoms with van der Waals surface area (Å²) in [5, 5.41) is 0. The highest BCUT2D eigenvalue weighted by Gasteiger charge is 1.83. The smallest absolute Gasteiger partial charge is 0.0225 e. The van der Waals surface area contributed by atoms with Gasteiger partial charge in [0.05, 0.1) is 0 Å². The Labute approximate surface area is 68.8 Å². The number of nitrogens with one attached hydrogen (secondary N) is 1. The van der Waals surface area contributed by atoms with E-state index < -0.39 is 0 Å². The van der Waals surface area contributed by atoms with E-state index in [9.17, 15) is 0 Å². The zero-order valence-corrected chi connectivity index (χ0v) is 7.39.